The van der Waals surface area contributed by atoms with Crippen molar-refractivity contribution in [1.82, 2.24) is 0 Å². The first kappa shape index (κ1) is 17.6. The summed E-state index contributed by atoms with van der Waals surface area (Å²) in [7, 11) is -3.73. The summed E-state index contributed by atoms with van der Waals surface area (Å²) in [5, 5.41) is 3.19. The summed E-state index contributed by atoms with van der Waals surface area (Å²) in [6.45, 7) is 4.12. The third kappa shape index (κ3) is 3.01. The molecule has 23 heavy (non-hydrogen) atoms. The van der Waals surface area contributed by atoms with Crippen molar-refractivity contribution in [1.29, 1.82) is 0 Å². The van der Waals surface area contributed by atoms with E-state index in [2.05, 4.69) is 5.32 Å². The van der Waals surface area contributed by atoms with E-state index < -0.39 is 15.8 Å². The van der Waals surface area contributed by atoms with Crippen LogP contribution in [0.5, 0.6) is 0 Å². The molecule has 0 bridgehead atoms. The number of nitrogens with one attached hydrogen (secondary N) is 1. The van der Waals surface area contributed by atoms with E-state index in [1.165, 1.54) is 16.4 Å². The molecule has 7 heteroatoms. The molecule has 1 aliphatic rings. The first-order chi connectivity index (χ1) is 10.4. The lowest BCUT2D eigenvalue weighted by Crippen LogP contribution is -2.39. The highest BCUT2D eigenvalue weighted by atomic mass is 35.5. The zero-order valence-electron chi connectivity index (χ0n) is 12.8. The van der Waals surface area contributed by atoms with Crippen LogP contribution in [-0.4, -0.2) is 21.5 Å². The normalized spacial score (nSPS) is 13.8. The molecule has 2 aromatic rings. The van der Waals surface area contributed by atoms with Gasteiger partial charge in [0.1, 0.15) is 5.82 Å². The minimum atomic E-state index is -3.73. The fourth-order valence-electron chi connectivity index (χ4n) is 2.92. The van der Waals surface area contributed by atoms with Crippen molar-refractivity contribution in [3.63, 3.8) is 0 Å². The highest BCUT2D eigenvalue weighted by Crippen LogP contribution is 2.34. The summed E-state index contributed by atoms with van der Waals surface area (Å²) < 4.78 is 41.0. The van der Waals surface area contributed by atoms with Crippen molar-refractivity contribution >= 4 is 33.8 Å². The maximum atomic E-state index is 13.5. The van der Waals surface area contributed by atoms with E-state index in [-0.39, 0.29) is 17.3 Å². The van der Waals surface area contributed by atoms with E-state index in [4.69, 9.17) is 0 Å². The smallest absolute Gasteiger partial charge is 0.264 e. The first-order valence-electron chi connectivity index (χ1n) is 7.03. The second-order valence-electron chi connectivity index (χ2n) is 5.39. The van der Waals surface area contributed by atoms with Gasteiger partial charge in [-0.25, -0.2) is 12.8 Å². The fourth-order valence-corrected chi connectivity index (χ4v) is 4.82. The maximum absolute atomic E-state index is 13.5. The number of fused-ring (bicyclic) bond motifs is 1. The number of rotatable bonds is 2. The van der Waals surface area contributed by atoms with Crippen LogP contribution in [0.2, 0.25) is 0 Å². The van der Waals surface area contributed by atoms with Gasteiger partial charge >= 0.3 is 0 Å². The molecule has 0 spiro atoms. The quantitative estimate of drug-likeness (QED) is 0.896. The van der Waals surface area contributed by atoms with Gasteiger partial charge < -0.3 is 5.32 Å². The topological polar surface area (TPSA) is 49.4 Å². The third-order valence-corrected chi connectivity index (χ3v) is 5.90. The summed E-state index contributed by atoms with van der Waals surface area (Å²) in [6, 6.07) is 9.80. The SMILES string of the molecule is Cc1cc(F)cc(C)c1S(=O)(=O)N1CCNc2ccccc21.Cl. The van der Waals surface area contributed by atoms with Gasteiger partial charge in [0.15, 0.2) is 0 Å². The minimum Gasteiger partial charge on any atom is -0.382 e. The highest BCUT2D eigenvalue weighted by molar-refractivity contribution is 7.93. The molecule has 0 amide bonds. The predicted molar refractivity (Wildman–Crippen MR) is 92.6 cm³/mol. The summed E-state index contributed by atoms with van der Waals surface area (Å²) >= 11 is 0. The Morgan fingerprint density at radius 1 is 1.13 bits per heavy atom. The Morgan fingerprint density at radius 3 is 2.39 bits per heavy atom. The Balaban J connectivity index is 0.00000192. The first-order valence-corrected chi connectivity index (χ1v) is 8.47. The summed E-state index contributed by atoms with van der Waals surface area (Å²) in [5.41, 5.74) is 2.26. The molecule has 1 N–H and O–H groups in total. The molecular formula is C16H18ClFN2O2S. The van der Waals surface area contributed by atoms with E-state index in [9.17, 15) is 12.8 Å². The van der Waals surface area contributed by atoms with Crippen LogP contribution in [0.3, 0.4) is 0 Å². The summed E-state index contributed by atoms with van der Waals surface area (Å²) in [4.78, 5) is 0.186. The van der Waals surface area contributed by atoms with Crippen LogP contribution in [-0.2, 0) is 10.0 Å². The Bertz CT molecular complexity index is 817. The standard InChI is InChI=1S/C16H17FN2O2S.ClH/c1-11-9-13(17)10-12(2)16(11)22(20,21)19-8-7-18-14-5-3-4-6-15(14)19;/h3-6,9-10,18H,7-8H2,1-2H3;1H. The molecule has 0 radical (unpaired) electrons. The zero-order valence-corrected chi connectivity index (χ0v) is 14.5. The van der Waals surface area contributed by atoms with E-state index in [0.29, 0.717) is 29.9 Å². The number of anilines is 2. The second-order valence-corrected chi connectivity index (χ2v) is 7.19. The van der Waals surface area contributed by atoms with E-state index in [1.54, 1.807) is 26.0 Å². The van der Waals surface area contributed by atoms with Gasteiger partial charge in [-0.2, -0.15) is 0 Å². The van der Waals surface area contributed by atoms with Crippen molar-refractivity contribution in [2.45, 2.75) is 18.7 Å². The Morgan fingerprint density at radius 2 is 1.74 bits per heavy atom. The fraction of sp³-hybridized carbons (Fsp3) is 0.250. The van der Waals surface area contributed by atoms with Gasteiger partial charge in [0.2, 0.25) is 0 Å². The van der Waals surface area contributed by atoms with Crippen molar-refractivity contribution in [3.8, 4) is 0 Å². The Labute approximate surface area is 141 Å². The largest absolute Gasteiger partial charge is 0.382 e. The minimum absolute atomic E-state index is 0. The van der Waals surface area contributed by atoms with Crippen molar-refractivity contribution in [2.75, 3.05) is 22.7 Å². The van der Waals surface area contributed by atoms with Crippen molar-refractivity contribution < 1.29 is 12.8 Å². The van der Waals surface area contributed by atoms with Crippen LogP contribution >= 0.6 is 12.4 Å². The number of aryl methyl sites for hydroxylation is 2. The van der Waals surface area contributed by atoms with E-state index in [1.807, 2.05) is 12.1 Å². The number of benzene rings is 2. The van der Waals surface area contributed by atoms with Crippen LogP contribution < -0.4 is 9.62 Å². The van der Waals surface area contributed by atoms with Gasteiger partial charge in [0.05, 0.1) is 22.8 Å². The van der Waals surface area contributed by atoms with Gasteiger partial charge in [-0.1, -0.05) is 12.1 Å². The molecule has 1 heterocycles. The monoisotopic (exact) mass is 356 g/mol. The number of sulfonamides is 1. The van der Waals surface area contributed by atoms with E-state index >= 15 is 0 Å². The van der Waals surface area contributed by atoms with Crippen LogP contribution in [0.25, 0.3) is 0 Å². The number of hydrogen-bond donors (Lipinski definition) is 1. The summed E-state index contributed by atoms with van der Waals surface area (Å²) in [6.07, 6.45) is 0. The van der Waals surface area contributed by atoms with Crippen molar-refractivity contribution in [3.05, 3.63) is 53.3 Å². The second kappa shape index (κ2) is 6.37. The zero-order chi connectivity index (χ0) is 15.9. The number of hydrogen-bond acceptors (Lipinski definition) is 3. The van der Waals surface area contributed by atoms with Crippen molar-refractivity contribution in [2.24, 2.45) is 0 Å². The number of nitrogens with zero attached hydrogens (tertiary/aromatic N) is 1. The highest BCUT2D eigenvalue weighted by Gasteiger charge is 2.31. The molecule has 0 saturated heterocycles. The molecule has 124 valence electrons. The maximum Gasteiger partial charge on any atom is 0.264 e. The average molecular weight is 357 g/mol. The van der Waals surface area contributed by atoms with Crippen LogP contribution in [0, 0.1) is 19.7 Å². The predicted octanol–water partition coefficient (Wildman–Crippen LogP) is 3.49. The lowest BCUT2D eigenvalue weighted by molar-refractivity contribution is 0.587. The average Bonchev–Trinajstić information content (AvgIpc) is 2.45. The molecule has 0 atom stereocenters. The molecule has 0 fully saturated rings. The van der Waals surface area contributed by atoms with Gasteiger partial charge in [0.25, 0.3) is 10.0 Å². The van der Waals surface area contributed by atoms with Gasteiger partial charge in [0, 0.05) is 6.54 Å². The molecular weight excluding hydrogens is 339 g/mol. The number of para-hydroxylation sites is 2. The molecule has 3 rings (SSSR count). The Hall–Kier alpha value is -1.79. The Kier molecular flexibility index (Phi) is 4.87. The van der Waals surface area contributed by atoms with Gasteiger partial charge in [-0.05, 0) is 49.2 Å². The van der Waals surface area contributed by atoms with Crippen LogP contribution in [0.4, 0.5) is 15.8 Å². The summed E-state index contributed by atoms with van der Waals surface area (Å²) in [5.74, 6) is -0.422. The van der Waals surface area contributed by atoms with Gasteiger partial charge in [-0.3, -0.25) is 4.31 Å². The molecule has 2 aromatic carbocycles. The third-order valence-electron chi connectivity index (χ3n) is 3.78. The molecule has 1 aliphatic heterocycles. The molecule has 0 saturated carbocycles. The number of halogens is 2. The van der Waals surface area contributed by atoms with Crippen LogP contribution in [0.1, 0.15) is 11.1 Å². The van der Waals surface area contributed by atoms with E-state index in [0.717, 1.165) is 5.69 Å². The van der Waals surface area contributed by atoms with Gasteiger partial charge in [-0.15, -0.1) is 12.4 Å². The molecule has 0 unspecified atom stereocenters. The van der Waals surface area contributed by atoms with Crippen LogP contribution in [0.15, 0.2) is 41.3 Å². The lowest BCUT2D eigenvalue weighted by Gasteiger charge is -2.32. The lowest BCUT2D eigenvalue weighted by atomic mass is 10.1. The molecule has 0 aromatic heterocycles. The molecule has 4 nitrogen and oxygen atoms in total. The molecule has 0 aliphatic carbocycles.